The number of hydrogen-bond donors (Lipinski definition) is 1. The Bertz CT molecular complexity index is 768. The molecule has 34 heavy (non-hydrogen) atoms. The summed E-state index contributed by atoms with van der Waals surface area (Å²) in [6.45, 7) is 3.36. The van der Waals surface area contributed by atoms with E-state index in [1.807, 2.05) is 0 Å². The van der Waals surface area contributed by atoms with Gasteiger partial charge >= 0.3 is 30.0 Å². The second-order valence-corrected chi connectivity index (χ2v) is 10.4. The Kier molecular flexibility index (Phi) is 6.88. The maximum Gasteiger partial charge on any atom is 0.453 e. The van der Waals surface area contributed by atoms with Crippen molar-refractivity contribution in [3.8, 4) is 0 Å². The molecule has 0 aromatic carbocycles. The number of alkyl halides is 12. The van der Waals surface area contributed by atoms with Crippen molar-refractivity contribution in [2.45, 2.75) is 103 Å². The number of ether oxygens (including phenoxy) is 2. The molecule has 0 bridgehead atoms. The van der Waals surface area contributed by atoms with Gasteiger partial charge in [0.1, 0.15) is 0 Å². The first-order valence-corrected chi connectivity index (χ1v) is 9.82. The molecule has 15 heteroatoms. The molecule has 1 saturated heterocycles. The lowest BCUT2D eigenvalue weighted by Crippen LogP contribution is -2.78. The van der Waals surface area contributed by atoms with Crippen molar-refractivity contribution in [2.75, 3.05) is 0 Å². The van der Waals surface area contributed by atoms with E-state index in [0.717, 1.165) is 0 Å². The highest BCUT2D eigenvalue weighted by atomic mass is 19.4. The van der Waals surface area contributed by atoms with Gasteiger partial charge in [0, 0.05) is 11.3 Å². The molecule has 1 heterocycles. The molecule has 3 atom stereocenters. The fourth-order valence-electron chi connectivity index (χ4n) is 3.52. The fraction of sp³-hybridized carbons (Fsp3) is 1.00. The van der Waals surface area contributed by atoms with Crippen LogP contribution in [0.1, 0.15) is 55.4 Å². The Morgan fingerprint density at radius 1 is 0.647 bits per heavy atom. The topological polar surface area (TPSA) is 44.5 Å². The molecular weight excluding hydrogens is 502 g/mol. The van der Waals surface area contributed by atoms with Gasteiger partial charge in [-0.25, -0.2) is 8.78 Å². The molecule has 204 valence electrons. The van der Waals surface area contributed by atoms with Gasteiger partial charge < -0.3 is 5.73 Å². The zero-order chi connectivity index (χ0) is 28.0. The predicted octanol–water partition coefficient (Wildman–Crippen LogP) is 6.90. The summed E-state index contributed by atoms with van der Waals surface area (Å²) in [4.78, 5) is 0. The number of halogens is 12. The standard InChI is InChI=1S/C19H27F12NO2/c1-9(2)13(20,21)14(22,23)11(6,7)12(8,32)16(25)15(24,10(3,4)5)33-17(34-16,18(26,27)28)19(29,30)31/h9H,32H2,1-8H3. The third-order valence-electron chi connectivity index (χ3n) is 6.59. The van der Waals surface area contributed by atoms with E-state index < -0.39 is 64.0 Å². The van der Waals surface area contributed by atoms with Crippen LogP contribution in [0.15, 0.2) is 0 Å². The van der Waals surface area contributed by atoms with Gasteiger partial charge in [-0.2, -0.15) is 43.9 Å². The fourth-order valence-corrected chi connectivity index (χ4v) is 3.52. The molecule has 0 aromatic rings. The van der Waals surface area contributed by atoms with Gasteiger partial charge in [-0.1, -0.05) is 48.5 Å². The van der Waals surface area contributed by atoms with Gasteiger partial charge in [0.2, 0.25) is 0 Å². The van der Waals surface area contributed by atoms with E-state index in [1.165, 1.54) is 0 Å². The van der Waals surface area contributed by atoms with Crippen molar-refractivity contribution in [3.05, 3.63) is 0 Å². The molecule has 0 aliphatic carbocycles. The van der Waals surface area contributed by atoms with Crippen molar-refractivity contribution in [2.24, 2.45) is 22.5 Å². The van der Waals surface area contributed by atoms with E-state index >= 15 is 17.6 Å². The molecule has 1 aliphatic heterocycles. The van der Waals surface area contributed by atoms with Crippen LogP contribution in [0.2, 0.25) is 0 Å². The van der Waals surface area contributed by atoms with Crippen molar-refractivity contribution in [3.63, 3.8) is 0 Å². The summed E-state index contributed by atoms with van der Waals surface area (Å²) < 4.78 is 180. The van der Waals surface area contributed by atoms with Crippen LogP contribution < -0.4 is 5.73 Å². The molecule has 0 spiro atoms. The molecule has 1 rings (SSSR count). The third-order valence-corrected chi connectivity index (χ3v) is 6.59. The third kappa shape index (κ3) is 3.53. The largest absolute Gasteiger partial charge is 0.453 e. The molecule has 3 unspecified atom stereocenters. The molecule has 3 nitrogen and oxygen atoms in total. The minimum Gasteiger partial charge on any atom is -0.320 e. The van der Waals surface area contributed by atoms with Crippen LogP contribution in [0.3, 0.4) is 0 Å². The highest BCUT2D eigenvalue weighted by molar-refractivity contribution is 5.22. The van der Waals surface area contributed by atoms with E-state index in [4.69, 9.17) is 5.73 Å². The van der Waals surface area contributed by atoms with Gasteiger partial charge in [-0.3, -0.25) is 9.47 Å². The summed E-state index contributed by atoms with van der Waals surface area (Å²) >= 11 is 0. The van der Waals surface area contributed by atoms with E-state index in [1.54, 1.807) is 0 Å². The molecule has 0 radical (unpaired) electrons. The van der Waals surface area contributed by atoms with Crippen LogP contribution >= 0.6 is 0 Å². The monoisotopic (exact) mass is 529 g/mol. The van der Waals surface area contributed by atoms with Crippen LogP contribution in [0, 0.1) is 16.7 Å². The molecule has 0 saturated carbocycles. The molecule has 1 aliphatic rings. The Labute approximate surface area is 188 Å². The zero-order valence-corrected chi connectivity index (χ0v) is 19.5. The van der Waals surface area contributed by atoms with Crippen LogP contribution in [0.4, 0.5) is 52.7 Å². The lowest BCUT2D eigenvalue weighted by Gasteiger charge is -2.55. The minimum atomic E-state index is -6.70. The van der Waals surface area contributed by atoms with Crippen molar-refractivity contribution < 1.29 is 62.2 Å². The first-order chi connectivity index (χ1) is 14.4. The summed E-state index contributed by atoms with van der Waals surface area (Å²) in [5, 5.41) is 0. The Morgan fingerprint density at radius 3 is 1.24 bits per heavy atom. The number of rotatable bonds is 5. The minimum absolute atomic E-state index is 0.0591. The van der Waals surface area contributed by atoms with E-state index in [-0.39, 0.29) is 20.8 Å². The molecular formula is C19H27F12NO2. The summed E-state index contributed by atoms with van der Waals surface area (Å²) in [6, 6.07) is 0. The van der Waals surface area contributed by atoms with Gasteiger partial charge in [0.05, 0.1) is 11.0 Å². The molecule has 2 N–H and O–H groups in total. The Hall–Kier alpha value is -0.960. The Morgan fingerprint density at radius 2 is 0.971 bits per heavy atom. The second kappa shape index (κ2) is 7.53. The molecule has 0 aromatic heterocycles. The van der Waals surface area contributed by atoms with Gasteiger partial charge in [0.25, 0.3) is 11.7 Å². The summed E-state index contributed by atoms with van der Waals surface area (Å²) in [7, 11) is 0. The van der Waals surface area contributed by atoms with Crippen molar-refractivity contribution >= 4 is 0 Å². The zero-order valence-electron chi connectivity index (χ0n) is 19.5. The average molecular weight is 529 g/mol. The van der Waals surface area contributed by atoms with Crippen LogP contribution in [0.25, 0.3) is 0 Å². The lowest BCUT2D eigenvalue weighted by atomic mass is 9.60. The van der Waals surface area contributed by atoms with Gasteiger partial charge in [-0.15, -0.1) is 0 Å². The Balaban J connectivity index is 4.08. The van der Waals surface area contributed by atoms with E-state index in [0.29, 0.717) is 34.6 Å². The highest BCUT2D eigenvalue weighted by Gasteiger charge is 2.92. The highest BCUT2D eigenvalue weighted by Crippen LogP contribution is 2.68. The first kappa shape index (κ1) is 31.1. The summed E-state index contributed by atoms with van der Waals surface area (Å²) in [6.07, 6.45) is -13.4. The van der Waals surface area contributed by atoms with Crippen LogP contribution in [-0.4, -0.2) is 47.2 Å². The maximum absolute atomic E-state index is 16.4. The van der Waals surface area contributed by atoms with Crippen molar-refractivity contribution in [1.29, 1.82) is 0 Å². The van der Waals surface area contributed by atoms with Crippen molar-refractivity contribution in [1.82, 2.24) is 0 Å². The quantitative estimate of drug-likeness (QED) is 0.394. The van der Waals surface area contributed by atoms with E-state index in [2.05, 4.69) is 9.47 Å². The SMILES string of the molecule is CC(C)C(F)(F)C(F)(F)C(C)(C)C(C)(N)C1(F)OC(C(F)(F)F)(C(F)(F)F)OC1(F)C(C)(C)C. The smallest absolute Gasteiger partial charge is 0.320 e. The summed E-state index contributed by atoms with van der Waals surface area (Å²) in [5.74, 6) is -28.6. The average Bonchev–Trinajstić information content (AvgIpc) is 2.85. The van der Waals surface area contributed by atoms with Crippen LogP contribution in [-0.2, 0) is 9.47 Å². The molecule has 0 amide bonds. The molecule has 1 fully saturated rings. The number of nitrogens with two attached hydrogens (primary N) is 1. The van der Waals surface area contributed by atoms with E-state index in [9.17, 15) is 35.1 Å². The van der Waals surface area contributed by atoms with Gasteiger partial charge in [-0.05, 0) is 6.92 Å². The predicted molar refractivity (Wildman–Crippen MR) is 95.2 cm³/mol. The van der Waals surface area contributed by atoms with Crippen LogP contribution in [0.5, 0.6) is 0 Å². The van der Waals surface area contributed by atoms with Gasteiger partial charge in [0.15, 0.2) is 0 Å². The lowest BCUT2D eigenvalue weighted by molar-refractivity contribution is -0.463. The normalized spacial score (nSPS) is 29.5. The number of hydrogen-bond acceptors (Lipinski definition) is 3. The summed E-state index contributed by atoms with van der Waals surface area (Å²) in [5.41, 5.74) is -4.89. The maximum atomic E-state index is 16.4. The second-order valence-electron chi connectivity index (χ2n) is 10.4. The first-order valence-electron chi connectivity index (χ1n) is 9.82.